The van der Waals surface area contributed by atoms with Crippen molar-refractivity contribution in [3.63, 3.8) is 0 Å². The fourth-order valence-electron chi connectivity index (χ4n) is 0.999. The summed E-state index contributed by atoms with van der Waals surface area (Å²) < 4.78 is 0.982. The first-order chi connectivity index (χ1) is 6.50. The van der Waals surface area contributed by atoms with Crippen LogP contribution in [0.15, 0.2) is 21.5 Å². The highest BCUT2D eigenvalue weighted by atomic mass is 79.9. The average Bonchev–Trinajstić information content (AvgIpc) is 2.46. The summed E-state index contributed by atoms with van der Waals surface area (Å²) in [5, 5.41) is 0. The molecule has 1 rings (SSSR count). The highest BCUT2D eigenvalue weighted by molar-refractivity contribution is 9.11. The molecular weight excluding hydrogens is 264 g/mol. The van der Waals surface area contributed by atoms with E-state index in [1.165, 1.54) is 25.2 Å². The van der Waals surface area contributed by atoms with Gasteiger partial charge in [-0.25, -0.2) is 0 Å². The third-order valence-corrected chi connectivity index (χ3v) is 3.21. The SMILES string of the molecule is CC(=O)C(=Cc1ccc(Br)s1)C(C)=O. The summed E-state index contributed by atoms with van der Waals surface area (Å²) in [5.41, 5.74) is 0.249. The lowest BCUT2D eigenvalue weighted by molar-refractivity contribution is -0.119. The first-order valence-corrected chi connectivity index (χ1v) is 5.60. The van der Waals surface area contributed by atoms with Gasteiger partial charge in [-0.3, -0.25) is 9.59 Å². The number of rotatable bonds is 3. The third-order valence-electron chi connectivity index (χ3n) is 1.64. The number of thiophene rings is 1. The van der Waals surface area contributed by atoms with E-state index < -0.39 is 0 Å². The van der Waals surface area contributed by atoms with Gasteiger partial charge in [0.1, 0.15) is 0 Å². The molecule has 2 nitrogen and oxygen atoms in total. The van der Waals surface area contributed by atoms with Crippen molar-refractivity contribution >= 4 is 44.9 Å². The molecule has 1 aromatic heterocycles. The second kappa shape index (κ2) is 4.66. The Morgan fingerprint density at radius 1 is 1.29 bits per heavy atom. The van der Waals surface area contributed by atoms with Gasteiger partial charge in [0.2, 0.25) is 0 Å². The molecule has 0 aliphatic rings. The lowest BCUT2D eigenvalue weighted by Crippen LogP contribution is -2.05. The molecule has 0 N–H and O–H groups in total. The maximum absolute atomic E-state index is 11.1. The molecule has 0 aliphatic heterocycles. The van der Waals surface area contributed by atoms with Crippen molar-refractivity contribution < 1.29 is 9.59 Å². The summed E-state index contributed by atoms with van der Waals surface area (Å²) in [6.45, 7) is 2.80. The summed E-state index contributed by atoms with van der Waals surface area (Å²) in [5.74, 6) is -0.385. The third kappa shape index (κ3) is 2.89. The largest absolute Gasteiger partial charge is 0.294 e. The smallest absolute Gasteiger partial charge is 0.163 e. The zero-order chi connectivity index (χ0) is 10.7. The molecule has 4 heteroatoms. The van der Waals surface area contributed by atoms with Crippen LogP contribution in [0.1, 0.15) is 18.7 Å². The van der Waals surface area contributed by atoms with E-state index in [1.54, 1.807) is 6.08 Å². The van der Waals surface area contributed by atoms with Gasteiger partial charge in [-0.15, -0.1) is 11.3 Å². The molecule has 0 radical (unpaired) electrons. The molecule has 0 saturated heterocycles. The predicted octanol–water partition coefficient (Wildman–Crippen LogP) is 3.07. The van der Waals surface area contributed by atoms with Crippen LogP contribution in [0.5, 0.6) is 0 Å². The average molecular weight is 273 g/mol. The van der Waals surface area contributed by atoms with Crippen molar-refractivity contribution in [2.75, 3.05) is 0 Å². The fourth-order valence-corrected chi connectivity index (χ4v) is 2.37. The molecule has 1 aromatic rings. The Hall–Kier alpha value is -0.740. The quantitative estimate of drug-likeness (QED) is 0.482. The van der Waals surface area contributed by atoms with E-state index in [0.29, 0.717) is 0 Å². The predicted molar refractivity (Wildman–Crippen MR) is 61.4 cm³/mol. The first kappa shape index (κ1) is 11.3. The highest BCUT2D eigenvalue weighted by Gasteiger charge is 2.09. The number of carbonyl (C=O) groups excluding carboxylic acids is 2. The summed E-state index contributed by atoms with van der Waals surface area (Å²) in [6, 6.07) is 3.75. The Bertz CT molecular complexity index is 388. The number of hydrogen-bond acceptors (Lipinski definition) is 3. The number of hydrogen-bond donors (Lipinski definition) is 0. The van der Waals surface area contributed by atoms with Crippen LogP contribution in [-0.4, -0.2) is 11.6 Å². The van der Waals surface area contributed by atoms with Crippen LogP contribution in [0.25, 0.3) is 6.08 Å². The normalized spacial score (nSPS) is 9.64. The fraction of sp³-hybridized carbons (Fsp3) is 0.200. The van der Waals surface area contributed by atoms with E-state index in [2.05, 4.69) is 15.9 Å². The molecule has 0 bridgehead atoms. The van der Waals surface area contributed by atoms with Crippen molar-refractivity contribution in [1.82, 2.24) is 0 Å². The zero-order valence-corrected chi connectivity index (χ0v) is 10.2. The molecule has 0 fully saturated rings. The van der Waals surface area contributed by atoms with E-state index in [-0.39, 0.29) is 17.1 Å². The van der Waals surface area contributed by atoms with Gasteiger partial charge in [0.05, 0.1) is 9.36 Å². The van der Waals surface area contributed by atoms with Crippen LogP contribution in [0.2, 0.25) is 0 Å². The topological polar surface area (TPSA) is 34.1 Å². The molecule has 0 aliphatic carbocycles. The van der Waals surface area contributed by atoms with Gasteiger partial charge >= 0.3 is 0 Å². The minimum atomic E-state index is -0.193. The number of carbonyl (C=O) groups is 2. The second-order valence-electron chi connectivity index (χ2n) is 2.81. The molecular formula is C10H9BrO2S. The molecule has 74 valence electrons. The summed E-state index contributed by atoms with van der Waals surface area (Å²) in [6.07, 6.45) is 1.63. The van der Waals surface area contributed by atoms with Crippen LogP contribution < -0.4 is 0 Å². The lowest BCUT2D eigenvalue weighted by atomic mass is 10.1. The van der Waals surface area contributed by atoms with Crippen LogP contribution in [0.3, 0.4) is 0 Å². The molecule has 14 heavy (non-hydrogen) atoms. The van der Waals surface area contributed by atoms with Crippen molar-refractivity contribution in [1.29, 1.82) is 0 Å². The lowest BCUT2D eigenvalue weighted by Gasteiger charge is -1.95. The molecule has 0 aromatic carbocycles. The first-order valence-electron chi connectivity index (χ1n) is 3.99. The molecule has 0 amide bonds. The Kier molecular flexibility index (Phi) is 3.77. The van der Waals surface area contributed by atoms with E-state index in [4.69, 9.17) is 0 Å². The number of Topliss-reactive ketones (excluding diaryl/α,β-unsaturated/α-hetero) is 2. The van der Waals surface area contributed by atoms with Gasteiger partial charge in [-0.1, -0.05) is 0 Å². The van der Waals surface area contributed by atoms with Crippen molar-refractivity contribution in [3.8, 4) is 0 Å². The van der Waals surface area contributed by atoms with Gasteiger partial charge in [-0.05, 0) is 48.0 Å². The van der Waals surface area contributed by atoms with Gasteiger partial charge in [0, 0.05) is 4.88 Å². The molecule has 0 unspecified atom stereocenters. The number of allylic oxidation sites excluding steroid dienone is 1. The van der Waals surface area contributed by atoms with E-state index in [9.17, 15) is 9.59 Å². The van der Waals surface area contributed by atoms with Crippen LogP contribution in [-0.2, 0) is 9.59 Å². The summed E-state index contributed by atoms with van der Waals surface area (Å²) in [7, 11) is 0. The summed E-state index contributed by atoms with van der Waals surface area (Å²) >= 11 is 4.80. The standard InChI is InChI=1S/C10H9BrO2S/c1-6(12)9(7(2)13)5-8-3-4-10(11)14-8/h3-5H,1-2H3. The molecule has 0 spiro atoms. The van der Waals surface area contributed by atoms with Crippen LogP contribution in [0.4, 0.5) is 0 Å². The van der Waals surface area contributed by atoms with Gasteiger partial charge < -0.3 is 0 Å². The Balaban J connectivity index is 3.05. The van der Waals surface area contributed by atoms with Crippen molar-refractivity contribution in [3.05, 3.63) is 26.4 Å². The van der Waals surface area contributed by atoms with E-state index in [0.717, 1.165) is 8.66 Å². The molecule has 0 atom stereocenters. The van der Waals surface area contributed by atoms with Crippen molar-refractivity contribution in [2.45, 2.75) is 13.8 Å². The van der Waals surface area contributed by atoms with E-state index in [1.807, 2.05) is 12.1 Å². The monoisotopic (exact) mass is 272 g/mol. The molecule has 1 heterocycles. The van der Waals surface area contributed by atoms with Gasteiger partial charge in [0.25, 0.3) is 0 Å². The Labute approximate surface area is 94.8 Å². The second-order valence-corrected chi connectivity index (χ2v) is 5.31. The number of ketones is 2. The van der Waals surface area contributed by atoms with E-state index >= 15 is 0 Å². The van der Waals surface area contributed by atoms with Crippen LogP contribution in [0, 0.1) is 0 Å². The minimum Gasteiger partial charge on any atom is -0.294 e. The highest BCUT2D eigenvalue weighted by Crippen LogP contribution is 2.24. The van der Waals surface area contributed by atoms with Gasteiger partial charge in [-0.2, -0.15) is 0 Å². The minimum absolute atomic E-state index is 0.193. The number of halogens is 1. The Morgan fingerprint density at radius 3 is 2.21 bits per heavy atom. The maximum Gasteiger partial charge on any atom is 0.163 e. The zero-order valence-electron chi connectivity index (χ0n) is 7.83. The Morgan fingerprint density at radius 2 is 1.86 bits per heavy atom. The maximum atomic E-state index is 11.1. The van der Waals surface area contributed by atoms with Crippen LogP contribution >= 0.6 is 27.3 Å². The summed E-state index contributed by atoms with van der Waals surface area (Å²) in [4.78, 5) is 23.1. The molecule has 0 saturated carbocycles. The van der Waals surface area contributed by atoms with Crippen molar-refractivity contribution in [2.24, 2.45) is 0 Å². The van der Waals surface area contributed by atoms with Gasteiger partial charge in [0.15, 0.2) is 11.6 Å².